The fourth-order valence-electron chi connectivity index (χ4n) is 4.36. The summed E-state index contributed by atoms with van der Waals surface area (Å²) in [7, 11) is 2.92. The molecule has 0 saturated carbocycles. The zero-order chi connectivity index (χ0) is 35.4. The number of nitrogens with zero attached hydrogens (tertiary/aromatic N) is 3. The van der Waals surface area contributed by atoms with Crippen LogP contribution in [0.5, 0.6) is 17.2 Å². The van der Waals surface area contributed by atoms with Gasteiger partial charge in [-0.2, -0.15) is 0 Å². The topological polar surface area (TPSA) is 260 Å². The molecule has 1 aromatic heterocycles. The molecule has 0 bridgehead atoms. The molecule has 1 unspecified atom stereocenters. The second kappa shape index (κ2) is 16.9. The average Bonchev–Trinajstić information content (AvgIpc) is 3.03. The summed E-state index contributed by atoms with van der Waals surface area (Å²) in [4.78, 5) is 85.5. The lowest BCUT2D eigenvalue weighted by Gasteiger charge is -2.17. The fourth-order valence-corrected chi connectivity index (χ4v) is 4.36. The summed E-state index contributed by atoms with van der Waals surface area (Å²) in [5.41, 5.74) is 1.90. The predicted molar refractivity (Wildman–Crippen MR) is 160 cm³/mol. The molecule has 1 heterocycles. The lowest BCUT2D eigenvalue weighted by molar-refractivity contribution is -0.757. The van der Waals surface area contributed by atoms with E-state index in [1.807, 2.05) is 5.32 Å². The number of rotatable bonds is 18. The maximum absolute atomic E-state index is 12.9. The van der Waals surface area contributed by atoms with Crippen molar-refractivity contribution in [2.45, 2.75) is 26.3 Å². The number of amides is 1. The molecule has 0 aliphatic carbocycles. The Morgan fingerprint density at radius 2 is 1.58 bits per heavy atom. The molecule has 0 radical (unpaired) electrons. The number of esters is 2. The minimum Gasteiger partial charge on any atom is -0.497 e. The summed E-state index contributed by atoms with van der Waals surface area (Å²) in [6.45, 7) is 0.856. The van der Waals surface area contributed by atoms with Crippen molar-refractivity contribution in [1.82, 2.24) is 15.3 Å². The summed E-state index contributed by atoms with van der Waals surface area (Å²) in [6, 6.07) is 5.03. The first-order valence-electron chi connectivity index (χ1n) is 13.9. The van der Waals surface area contributed by atoms with Crippen molar-refractivity contribution in [3.63, 3.8) is 0 Å². The smallest absolute Gasteiger partial charge is 0.329 e. The first kappa shape index (κ1) is 36.3. The number of ether oxygens (including phenoxy) is 5. The normalized spacial score (nSPS) is 11.2. The number of aromatic amines is 1. The van der Waals surface area contributed by atoms with Crippen molar-refractivity contribution in [1.29, 1.82) is 0 Å². The van der Waals surface area contributed by atoms with Crippen molar-refractivity contribution < 1.29 is 57.9 Å². The second-order valence-electron chi connectivity index (χ2n) is 9.69. The SMILES string of the molecule is COc1cc(OC)c2c(=O)[nH]c(-c3cc(C)c(OCCOC(=O)CC(NC(=O)CO[N+](=O)[O-])C(=O)OCCO[N+](=O)[O-])c(C)c3)nc2c1. The van der Waals surface area contributed by atoms with E-state index in [0.29, 0.717) is 45.3 Å². The molecule has 2 N–H and O–H groups in total. The summed E-state index contributed by atoms with van der Waals surface area (Å²) in [6.07, 6.45) is -0.749. The third-order valence-electron chi connectivity index (χ3n) is 6.34. The number of H-pyrrole nitrogens is 1. The molecule has 258 valence electrons. The Labute approximate surface area is 270 Å². The molecule has 0 fully saturated rings. The number of aryl methyl sites for hydroxylation is 2. The van der Waals surface area contributed by atoms with Crippen molar-refractivity contribution in [2.24, 2.45) is 0 Å². The Morgan fingerprint density at radius 3 is 2.21 bits per heavy atom. The molecule has 20 heteroatoms. The van der Waals surface area contributed by atoms with E-state index in [4.69, 9.17) is 23.7 Å². The maximum Gasteiger partial charge on any atom is 0.329 e. The number of hydrogen-bond acceptors (Lipinski definition) is 16. The number of hydrogen-bond donors (Lipinski definition) is 2. The number of nitrogens with one attached hydrogen (secondary N) is 2. The molecule has 1 atom stereocenters. The van der Waals surface area contributed by atoms with Crippen LogP contribution in [-0.2, 0) is 33.5 Å². The molecular weight excluding hydrogens is 646 g/mol. The van der Waals surface area contributed by atoms with E-state index in [0.717, 1.165) is 0 Å². The number of fused-ring (bicyclic) bond motifs is 1. The van der Waals surface area contributed by atoms with E-state index in [-0.39, 0.29) is 18.6 Å². The zero-order valence-corrected chi connectivity index (χ0v) is 26.1. The van der Waals surface area contributed by atoms with E-state index < -0.39 is 65.9 Å². The summed E-state index contributed by atoms with van der Waals surface area (Å²) < 4.78 is 26.3. The van der Waals surface area contributed by atoms with E-state index in [1.54, 1.807) is 38.1 Å². The monoisotopic (exact) mass is 677 g/mol. The van der Waals surface area contributed by atoms with Crippen molar-refractivity contribution in [3.05, 3.63) is 66.0 Å². The molecule has 1 amide bonds. The van der Waals surface area contributed by atoms with Gasteiger partial charge in [0.2, 0.25) is 5.91 Å². The van der Waals surface area contributed by atoms with Gasteiger partial charge in [0, 0.05) is 17.7 Å². The Balaban J connectivity index is 1.63. The first-order chi connectivity index (χ1) is 22.8. The number of carbonyl (C=O) groups is 3. The number of methoxy groups -OCH3 is 2. The van der Waals surface area contributed by atoms with Crippen molar-refractivity contribution >= 4 is 28.7 Å². The van der Waals surface area contributed by atoms with Crippen LogP contribution >= 0.6 is 0 Å². The lowest BCUT2D eigenvalue weighted by Crippen LogP contribution is -2.45. The van der Waals surface area contributed by atoms with Gasteiger partial charge in [0.1, 0.15) is 60.9 Å². The van der Waals surface area contributed by atoms with Gasteiger partial charge in [-0.05, 0) is 37.1 Å². The van der Waals surface area contributed by atoms with Crippen LogP contribution in [-0.4, -0.2) is 91.3 Å². The van der Waals surface area contributed by atoms with E-state index >= 15 is 0 Å². The van der Waals surface area contributed by atoms with Gasteiger partial charge in [-0.1, -0.05) is 0 Å². The van der Waals surface area contributed by atoms with Crippen LogP contribution in [0.3, 0.4) is 0 Å². The Kier molecular flexibility index (Phi) is 12.8. The highest BCUT2D eigenvalue weighted by Crippen LogP contribution is 2.31. The van der Waals surface area contributed by atoms with Gasteiger partial charge in [0.15, 0.2) is 6.61 Å². The van der Waals surface area contributed by atoms with Crippen LogP contribution in [0.25, 0.3) is 22.3 Å². The van der Waals surface area contributed by atoms with Crippen LogP contribution in [0.2, 0.25) is 0 Å². The fraction of sp³-hybridized carbons (Fsp3) is 0.393. The molecule has 48 heavy (non-hydrogen) atoms. The van der Waals surface area contributed by atoms with E-state index in [2.05, 4.69) is 19.6 Å². The molecule has 3 rings (SSSR count). The number of aromatic nitrogens is 2. The standard InChI is InChI=1S/C28H31N5O15/c1-15-9-17(26-30-19-11-18(42-3)12-21(43-4)24(19)27(36)31-26)10-16(2)25(15)45-6-5-44-23(35)13-20(29-22(34)14-48-33(40)41)28(37)46-7-8-47-32(38)39/h9-12,20H,5-8,13-14H2,1-4H3,(H,29,34)(H,30,31,36). The largest absolute Gasteiger partial charge is 0.497 e. The highest BCUT2D eigenvalue weighted by Gasteiger charge is 2.27. The van der Waals surface area contributed by atoms with E-state index in [1.165, 1.54) is 14.2 Å². The summed E-state index contributed by atoms with van der Waals surface area (Å²) in [5, 5.41) is 20.5. The van der Waals surface area contributed by atoms with Gasteiger partial charge < -0.3 is 43.7 Å². The minimum atomic E-state index is -1.66. The van der Waals surface area contributed by atoms with Crippen LogP contribution in [0.15, 0.2) is 29.1 Å². The molecule has 0 saturated heterocycles. The maximum atomic E-state index is 12.9. The Bertz CT molecular complexity index is 1720. The highest BCUT2D eigenvalue weighted by molar-refractivity contribution is 5.89. The molecule has 2 aromatic carbocycles. The summed E-state index contributed by atoms with van der Waals surface area (Å²) >= 11 is 0. The Hall–Kier alpha value is -6.21. The quantitative estimate of drug-likeness (QED) is 0.0822. The minimum absolute atomic E-state index is 0.117. The number of benzene rings is 2. The van der Waals surface area contributed by atoms with Crippen LogP contribution in [0.1, 0.15) is 17.5 Å². The molecule has 0 spiro atoms. The molecule has 20 nitrogen and oxygen atoms in total. The molecule has 0 aliphatic rings. The molecule has 0 aliphatic heterocycles. The third-order valence-corrected chi connectivity index (χ3v) is 6.34. The Morgan fingerprint density at radius 1 is 0.917 bits per heavy atom. The molecule has 3 aromatic rings. The number of carbonyl (C=O) groups excluding carboxylic acids is 3. The lowest BCUT2D eigenvalue weighted by atomic mass is 10.0. The second-order valence-corrected chi connectivity index (χ2v) is 9.69. The van der Waals surface area contributed by atoms with Gasteiger partial charge in [-0.15, -0.1) is 20.2 Å². The van der Waals surface area contributed by atoms with E-state index in [9.17, 15) is 39.4 Å². The van der Waals surface area contributed by atoms with Crippen LogP contribution < -0.4 is 25.1 Å². The van der Waals surface area contributed by atoms with Crippen molar-refractivity contribution in [3.8, 4) is 28.6 Å². The third kappa shape index (κ3) is 10.2. The van der Waals surface area contributed by atoms with Gasteiger partial charge >= 0.3 is 11.9 Å². The average molecular weight is 678 g/mol. The zero-order valence-electron chi connectivity index (χ0n) is 26.1. The summed E-state index contributed by atoms with van der Waals surface area (Å²) in [5.74, 6) is -1.74. The van der Waals surface area contributed by atoms with Gasteiger partial charge in [0.05, 0.1) is 26.2 Å². The molecular formula is C28H31N5O15. The van der Waals surface area contributed by atoms with Gasteiger partial charge in [-0.3, -0.25) is 14.4 Å². The van der Waals surface area contributed by atoms with Crippen molar-refractivity contribution in [2.75, 3.05) is 47.3 Å². The first-order valence-corrected chi connectivity index (χ1v) is 13.9. The van der Waals surface area contributed by atoms with Gasteiger partial charge in [-0.25, -0.2) is 9.78 Å². The van der Waals surface area contributed by atoms with Crippen LogP contribution in [0, 0.1) is 34.1 Å². The van der Waals surface area contributed by atoms with Crippen LogP contribution in [0.4, 0.5) is 0 Å². The highest BCUT2D eigenvalue weighted by atomic mass is 17.0. The van der Waals surface area contributed by atoms with Gasteiger partial charge in [0.25, 0.3) is 15.7 Å². The predicted octanol–water partition coefficient (Wildman–Crippen LogP) is 0.981.